The van der Waals surface area contributed by atoms with Crippen LogP contribution in [0, 0.1) is 0 Å². The Morgan fingerprint density at radius 2 is 1.85 bits per heavy atom. The van der Waals surface area contributed by atoms with Crippen molar-refractivity contribution in [3.8, 4) is 0 Å². The number of halogens is 2. The van der Waals surface area contributed by atoms with Gasteiger partial charge in [0.2, 0.25) is 0 Å². The predicted octanol–water partition coefficient (Wildman–Crippen LogP) is 4.69. The molecular weight excluding hydrogens is 334 g/mol. The fraction of sp³-hybridized carbons (Fsp3) is 0.294. The smallest absolute Gasteiger partial charge is 0.0234 e. The number of aryl methyl sites for hydroxylation is 1. The normalized spacial score (nSPS) is 24.0. The Balaban J connectivity index is 0.00000147. The zero-order valence-electron chi connectivity index (χ0n) is 11.3. The summed E-state index contributed by atoms with van der Waals surface area (Å²) in [6.07, 6.45) is 3.24. The highest BCUT2D eigenvalue weighted by molar-refractivity contribution is 9.10. The first-order valence-corrected chi connectivity index (χ1v) is 7.55. The Labute approximate surface area is 135 Å². The summed E-state index contributed by atoms with van der Waals surface area (Å²) in [5, 5.41) is 0. The first-order valence-electron chi connectivity index (χ1n) is 6.76. The van der Waals surface area contributed by atoms with E-state index in [2.05, 4.69) is 70.5 Å². The topological polar surface area (TPSA) is 26.0 Å². The van der Waals surface area contributed by atoms with Gasteiger partial charge in [-0.1, -0.05) is 58.4 Å². The van der Waals surface area contributed by atoms with Crippen molar-refractivity contribution in [3.05, 3.63) is 70.2 Å². The zero-order valence-corrected chi connectivity index (χ0v) is 13.7. The van der Waals surface area contributed by atoms with Crippen LogP contribution < -0.4 is 5.73 Å². The minimum atomic E-state index is -0.00334. The van der Waals surface area contributed by atoms with Crippen molar-refractivity contribution in [1.29, 1.82) is 0 Å². The van der Waals surface area contributed by atoms with E-state index in [0.29, 0.717) is 5.92 Å². The average molecular weight is 353 g/mol. The van der Waals surface area contributed by atoms with Gasteiger partial charge in [0.25, 0.3) is 0 Å². The first-order chi connectivity index (χ1) is 9.17. The molecule has 2 aromatic carbocycles. The molecule has 0 heterocycles. The van der Waals surface area contributed by atoms with Gasteiger partial charge >= 0.3 is 0 Å². The van der Waals surface area contributed by atoms with E-state index in [1.165, 1.54) is 11.1 Å². The van der Waals surface area contributed by atoms with Crippen molar-refractivity contribution in [2.45, 2.75) is 30.7 Å². The second kappa shape index (κ2) is 6.30. The van der Waals surface area contributed by atoms with Crippen molar-refractivity contribution in [3.63, 3.8) is 0 Å². The van der Waals surface area contributed by atoms with Gasteiger partial charge in [-0.15, -0.1) is 12.4 Å². The van der Waals surface area contributed by atoms with Crippen LogP contribution >= 0.6 is 28.3 Å². The lowest BCUT2D eigenvalue weighted by Gasteiger charge is -2.12. The lowest BCUT2D eigenvalue weighted by Crippen LogP contribution is -2.25. The van der Waals surface area contributed by atoms with Gasteiger partial charge < -0.3 is 5.73 Å². The van der Waals surface area contributed by atoms with E-state index in [4.69, 9.17) is 5.73 Å². The molecule has 1 aliphatic rings. The molecule has 0 radical (unpaired) electrons. The molecule has 1 saturated carbocycles. The molecule has 106 valence electrons. The Kier molecular flexibility index (Phi) is 4.90. The zero-order chi connectivity index (χ0) is 13.3. The summed E-state index contributed by atoms with van der Waals surface area (Å²) in [5.41, 5.74) is 9.25. The van der Waals surface area contributed by atoms with E-state index < -0.39 is 0 Å². The molecule has 1 nitrogen and oxygen atoms in total. The first kappa shape index (κ1) is 15.6. The van der Waals surface area contributed by atoms with Crippen LogP contribution in [0.4, 0.5) is 0 Å². The van der Waals surface area contributed by atoms with E-state index in [1.807, 2.05) is 0 Å². The van der Waals surface area contributed by atoms with Crippen molar-refractivity contribution in [2.24, 2.45) is 5.73 Å². The molecule has 0 spiro atoms. The molecule has 1 aliphatic carbocycles. The molecular formula is C17H19BrClN. The van der Waals surface area contributed by atoms with Crippen molar-refractivity contribution >= 4 is 28.3 Å². The molecule has 0 aromatic heterocycles. The second-order valence-electron chi connectivity index (χ2n) is 5.53. The monoisotopic (exact) mass is 351 g/mol. The molecule has 2 N–H and O–H groups in total. The molecule has 0 bridgehead atoms. The van der Waals surface area contributed by atoms with Gasteiger partial charge in [0.15, 0.2) is 0 Å². The number of hydrogen-bond donors (Lipinski definition) is 1. The molecule has 2 unspecified atom stereocenters. The molecule has 3 heteroatoms. The van der Waals surface area contributed by atoms with Crippen LogP contribution in [0.15, 0.2) is 59.1 Å². The van der Waals surface area contributed by atoms with Gasteiger partial charge in [0.05, 0.1) is 0 Å². The van der Waals surface area contributed by atoms with Gasteiger partial charge in [-0.05, 0) is 42.5 Å². The Morgan fingerprint density at radius 1 is 1.10 bits per heavy atom. The van der Waals surface area contributed by atoms with E-state index in [0.717, 1.165) is 23.7 Å². The minimum absolute atomic E-state index is 0. The van der Waals surface area contributed by atoms with Crippen LogP contribution in [-0.2, 0) is 6.42 Å². The van der Waals surface area contributed by atoms with Gasteiger partial charge in [-0.2, -0.15) is 0 Å². The largest absolute Gasteiger partial charge is 0.325 e. The predicted molar refractivity (Wildman–Crippen MR) is 90.4 cm³/mol. The molecule has 20 heavy (non-hydrogen) atoms. The maximum Gasteiger partial charge on any atom is 0.0234 e. The highest BCUT2D eigenvalue weighted by Crippen LogP contribution is 2.52. The fourth-order valence-corrected chi connectivity index (χ4v) is 3.21. The maximum atomic E-state index is 6.51. The third-order valence-electron chi connectivity index (χ3n) is 4.09. The Bertz CT molecular complexity index is 572. The lowest BCUT2D eigenvalue weighted by atomic mass is 10.00. The highest BCUT2D eigenvalue weighted by Gasteiger charge is 2.50. The summed E-state index contributed by atoms with van der Waals surface area (Å²) in [4.78, 5) is 0. The minimum Gasteiger partial charge on any atom is -0.325 e. The van der Waals surface area contributed by atoms with Gasteiger partial charge in [-0.3, -0.25) is 0 Å². The Hall–Kier alpha value is -0.830. The van der Waals surface area contributed by atoms with Crippen LogP contribution in [0.5, 0.6) is 0 Å². The van der Waals surface area contributed by atoms with Crippen LogP contribution in [0.3, 0.4) is 0 Å². The quantitative estimate of drug-likeness (QED) is 0.849. The molecule has 0 aliphatic heterocycles. The van der Waals surface area contributed by atoms with Gasteiger partial charge in [0.1, 0.15) is 0 Å². The number of nitrogens with two attached hydrogens (primary N) is 1. The maximum absolute atomic E-state index is 6.51. The van der Waals surface area contributed by atoms with Gasteiger partial charge in [-0.25, -0.2) is 0 Å². The highest BCUT2D eigenvalue weighted by atomic mass is 79.9. The number of hydrogen-bond acceptors (Lipinski definition) is 1. The molecule has 0 saturated heterocycles. The summed E-state index contributed by atoms with van der Waals surface area (Å²) in [6.45, 7) is 0. The van der Waals surface area contributed by atoms with Crippen molar-refractivity contribution < 1.29 is 0 Å². The number of benzene rings is 2. The van der Waals surface area contributed by atoms with Crippen LogP contribution in [0.25, 0.3) is 0 Å². The van der Waals surface area contributed by atoms with E-state index in [1.54, 1.807) is 0 Å². The fourth-order valence-electron chi connectivity index (χ4n) is 2.79. The van der Waals surface area contributed by atoms with Crippen LogP contribution in [-0.4, -0.2) is 5.54 Å². The molecule has 3 rings (SSSR count). The summed E-state index contributed by atoms with van der Waals surface area (Å²) >= 11 is 3.53. The van der Waals surface area contributed by atoms with Gasteiger partial charge in [0, 0.05) is 15.9 Å². The van der Waals surface area contributed by atoms with Crippen LogP contribution in [0.1, 0.15) is 29.9 Å². The van der Waals surface area contributed by atoms with E-state index in [-0.39, 0.29) is 17.9 Å². The van der Waals surface area contributed by atoms with Crippen LogP contribution in [0.2, 0.25) is 0 Å². The summed E-state index contributed by atoms with van der Waals surface area (Å²) in [5.74, 6) is 0.522. The van der Waals surface area contributed by atoms with E-state index in [9.17, 15) is 0 Å². The standard InChI is InChI=1S/C17H18BrN.ClH/c18-15-8-4-7-14(11-15)16-12-17(16,19)10-9-13-5-2-1-3-6-13;/h1-8,11,16H,9-10,12,19H2;1H. The molecule has 2 atom stereocenters. The van der Waals surface area contributed by atoms with Crippen molar-refractivity contribution in [2.75, 3.05) is 0 Å². The third-order valence-corrected chi connectivity index (χ3v) is 4.58. The third kappa shape index (κ3) is 3.43. The molecule has 0 amide bonds. The molecule has 2 aromatic rings. The molecule has 1 fully saturated rings. The average Bonchev–Trinajstić information content (AvgIpc) is 3.11. The number of rotatable bonds is 4. The van der Waals surface area contributed by atoms with E-state index >= 15 is 0 Å². The lowest BCUT2D eigenvalue weighted by molar-refractivity contribution is 0.589. The second-order valence-corrected chi connectivity index (χ2v) is 6.45. The summed E-state index contributed by atoms with van der Waals surface area (Å²) in [6, 6.07) is 19.1. The summed E-state index contributed by atoms with van der Waals surface area (Å²) in [7, 11) is 0. The summed E-state index contributed by atoms with van der Waals surface area (Å²) < 4.78 is 1.14. The SMILES string of the molecule is Cl.NC1(CCc2ccccc2)CC1c1cccc(Br)c1. The van der Waals surface area contributed by atoms with Crippen molar-refractivity contribution in [1.82, 2.24) is 0 Å². The Morgan fingerprint density at radius 3 is 2.55 bits per heavy atom.